The molecule has 1 saturated carbocycles. The topological polar surface area (TPSA) is 108 Å². The van der Waals surface area contributed by atoms with Gasteiger partial charge in [-0.3, -0.25) is 9.69 Å². The van der Waals surface area contributed by atoms with Crippen molar-refractivity contribution in [3.8, 4) is 0 Å². The molecule has 4 aliphatic rings. The Bertz CT molecular complexity index is 1230. The number of esters is 1. The number of nitrogens with zero attached hydrogens (tertiary/aromatic N) is 1. The number of ether oxygens (including phenoxy) is 2. The number of carbonyl (C=O) groups is 2. The number of hydrogen-bond acceptors (Lipinski definition) is 8. The molecule has 2 aliphatic carbocycles. The Morgan fingerprint density at radius 1 is 1.18 bits per heavy atom. The summed E-state index contributed by atoms with van der Waals surface area (Å²) in [5.74, 6) is -0.00318. The molecule has 2 heterocycles. The van der Waals surface area contributed by atoms with Gasteiger partial charge in [-0.2, -0.15) is 0 Å². The molecule has 45 heavy (non-hydrogen) atoms. The number of aliphatic hydroxyl groups excluding tert-OH is 2. The van der Waals surface area contributed by atoms with Gasteiger partial charge in [0.05, 0.1) is 18.1 Å². The van der Waals surface area contributed by atoms with Gasteiger partial charge in [-0.25, -0.2) is 4.79 Å². The first-order valence-corrected chi connectivity index (χ1v) is 17.4. The fourth-order valence-corrected chi connectivity index (χ4v) is 8.26. The quantitative estimate of drug-likeness (QED) is 0.0915. The Morgan fingerprint density at radius 3 is 2.82 bits per heavy atom. The van der Waals surface area contributed by atoms with E-state index in [0.29, 0.717) is 31.2 Å². The maximum Gasteiger partial charge on any atom is 0.332 e. The second-order valence-corrected chi connectivity index (χ2v) is 13.8. The smallest absolute Gasteiger partial charge is 0.332 e. The third kappa shape index (κ3) is 8.07. The minimum atomic E-state index is -0.674. The number of methoxy groups -OCH3 is 1. The summed E-state index contributed by atoms with van der Waals surface area (Å²) in [5, 5.41) is 24.4. The number of nitrogens with one attached hydrogen (secondary N) is 1. The van der Waals surface area contributed by atoms with Crippen molar-refractivity contribution in [2.45, 2.75) is 114 Å². The lowest BCUT2D eigenvalue weighted by Gasteiger charge is -2.43. The first-order valence-electron chi connectivity index (χ1n) is 17.4. The van der Waals surface area contributed by atoms with Crippen LogP contribution in [0.1, 0.15) is 101 Å². The van der Waals surface area contributed by atoms with Gasteiger partial charge in [0.2, 0.25) is 6.29 Å². The zero-order chi connectivity index (χ0) is 31.9. The lowest BCUT2D eigenvalue weighted by Crippen LogP contribution is -2.46. The molecule has 0 spiro atoms. The van der Waals surface area contributed by atoms with E-state index in [2.05, 4.69) is 48.5 Å². The highest BCUT2D eigenvalue weighted by atomic mass is 16.7. The van der Waals surface area contributed by atoms with Crippen LogP contribution in [-0.2, 0) is 19.1 Å². The number of allylic oxidation sites excluding steroid dienone is 1. The van der Waals surface area contributed by atoms with Crippen LogP contribution in [0.4, 0.5) is 5.69 Å². The largest absolute Gasteiger partial charge is 0.432 e. The zero-order valence-electron chi connectivity index (χ0n) is 27.5. The maximum atomic E-state index is 12.8. The summed E-state index contributed by atoms with van der Waals surface area (Å²) in [4.78, 5) is 27.7. The van der Waals surface area contributed by atoms with Crippen molar-refractivity contribution in [1.29, 1.82) is 0 Å². The van der Waals surface area contributed by atoms with Crippen molar-refractivity contribution in [3.63, 3.8) is 0 Å². The molecule has 1 aromatic carbocycles. The number of Topliss-reactive ketones (excluding diaryl/α,β-unsaturated/α-hetero) is 1. The second kappa shape index (κ2) is 15.9. The predicted octanol–water partition coefficient (Wildman–Crippen LogP) is 5.83. The SMILES string of the molecule is CCCCC[C@H](O)CC[C@H]1[C@H](O)CC(=O)[C@@H]1CCCCC=CC(=O)OC(OC)[C@@H]1C=C2c3cccc4c3C(CN4)C[C@H]2N(C)C1. The number of aliphatic hydroxyl groups is 2. The van der Waals surface area contributed by atoms with Gasteiger partial charge in [-0.05, 0) is 80.7 Å². The van der Waals surface area contributed by atoms with Gasteiger partial charge >= 0.3 is 5.97 Å². The summed E-state index contributed by atoms with van der Waals surface area (Å²) in [6.07, 6.45) is 13.8. The van der Waals surface area contributed by atoms with Gasteiger partial charge in [0.15, 0.2) is 0 Å². The van der Waals surface area contributed by atoms with E-state index in [1.54, 1.807) is 7.11 Å². The molecule has 0 aromatic heterocycles. The Kier molecular flexibility index (Phi) is 11.9. The molecule has 2 unspecified atom stereocenters. The predicted molar refractivity (Wildman–Crippen MR) is 177 cm³/mol. The van der Waals surface area contributed by atoms with Crippen LogP contribution in [0.25, 0.3) is 5.57 Å². The van der Waals surface area contributed by atoms with E-state index in [-0.39, 0.29) is 36.1 Å². The highest BCUT2D eigenvalue weighted by Gasteiger charge is 2.42. The van der Waals surface area contributed by atoms with Crippen molar-refractivity contribution >= 4 is 23.0 Å². The number of hydrogen-bond donors (Lipinski definition) is 3. The Balaban J connectivity index is 1.07. The van der Waals surface area contributed by atoms with Crippen LogP contribution in [0.2, 0.25) is 0 Å². The molecule has 0 radical (unpaired) electrons. The zero-order valence-corrected chi connectivity index (χ0v) is 27.5. The summed E-state index contributed by atoms with van der Waals surface area (Å²) >= 11 is 0. The summed E-state index contributed by atoms with van der Waals surface area (Å²) in [7, 11) is 3.74. The summed E-state index contributed by atoms with van der Waals surface area (Å²) in [5.41, 5.74) is 5.26. The average molecular weight is 623 g/mol. The summed E-state index contributed by atoms with van der Waals surface area (Å²) in [6, 6.07) is 6.84. The van der Waals surface area contributed by atoms with E-state index >= 15 is 0 Å². The summed E-state index contributed by atoms with van der Waals surface area (Å²) in [6.45, 7) is 3.90. The lowest BCUT2D eigenvalue weighted by atomic mass is 9.74. The molecule has 3 N–H and O–H groups in total. The van der Waals surface area contributed by atoms with Crippen LogP contribution in [0.15, 0.2) is 36.4 Å². The monoisotopic (exact) mass is 622 g/mol. The number of anilines is 1. The van der Waals surface area contributed by atoms with Gasteiger partial charge in [0.25, 0.3) is 0 Å². The highest BCUT2D eigenvalue weighted by molar-refractivity contribution is 5.84. The van der Waals surface area contributed by atoms with Crippen LogP contribution in [0.3, 0.4) is 0 Å². The number of likely N-dealkylation sites (N-methyl/N-ethyl adjacent to an activating group) is 1. The van der Waals surface area contributed by atoms with E-state index in [0.717, 1.165) is 64.5 Å². The molecule has 5 rings (SSSR count). The Morgan fingerprint density at radius 2 is 2.02 bits per heavy atom. The van der Waals surface area contributed by atoms with Crippen LogP contribution in [0.5, 0.6) is 0 Å². The van der Waals surface area contributed by atoms with Crippen molar-refractivity contribution in [2.75, 3.05) is 32.6 Å². The van der Waals surface area contributed by atoms with Crippen LogP contribution in [-0.4, -0.2) is 78.7 Å². The second-order valence-electron chi connectivity index (χ2n) is 13.8. The number of unbranched alkanes of at least 4 members (excludes halogenated alkanes) is 4. The Labute approximate surface area is 269 Å². The van der Waals surface area contributed by atoms with Gasteiger partial charge in [-0.15, -0.1) is 0 Å². The number of ketones is 1. The van der Waals surface area contributed by atoms with Crippen molar-refractivity contribution in [3.05, 3.63) is 47.6 Å². The maximum absolute atomic E-state index is 12.8. The molecule has 1 aromatic rings. The number of rotatable bonds is 16. The van der Waals surface area contributed by atoms with Crippen molar-refractivity contribution in [1.82, 2.24) is 4.90 Å². The van der Waals surface area contributed by atoms with E-state index in [4.69, 9.17) is 9.47 Å². The molecule has 248 valence electrons. The van der Waals surface area contributed by atoms with E-state index in [1.807, 2.05) is 6.08 Å². The van der Waals surface area contributed by atoms with Gasteiger partial charge in [-0.1, -0.05) is 56.9 Å². The summed E-state index contributed by atoms with van der Waals surface area (Å²) < 4.78 is 11.5. The van der Waals surface area contributed by atoms with Crippen molar-refractivity contribution < 1.29 is 29.3 Å². The molecule has 0 saturated heterocycles. The molecule has 2 aliphatic heterocycles. The molecule has 8 heteroatoms. The van der Waals surface area contributed by atoms with E-state index in [1.165, 1.54) is 28.5 Å². The van der Waals surface area contributed by atoms with Gasteiger partial charge in [0, 0.05) is 56.3 Å². The standard InChI is InChI=1S/C37H54N2O6/c1-4-5-8-12-26(40)17-18-28-27(33(41)21-34(28)42)13-9-6-7-10-16-35(43)45-37(44-3)25-19-30-29-14-11-15-31-36(29)24(22-38-31)20-32(30)39(2)23-25/h10-11,14-16,19,24-28,32,34,37-38,40,42H,4-9,12-13,17-18,20-23H2,1-3H3/t24?,25-,26+,27-,28-,32-,34-,37?/m1/s1. The van der Waals surface area contributed by atoms with Gasteiger partial charge in [0.1, 0.15) is 5.78 Å². The average Bonchev–Trinajstić information content (AvgIpc) is 3.56. The lowest BCUT2D eigenvalue weighted by molar-refractivity contribution is -0.176. The third-order valence-corrected chi connectivity index (χ3v) is 10.7. The number of fused-ring (bicyclic) bond motifs is 2. The fraction of sp³-hybridized carbons (Fsp3) is 0.676. The minimum Gasteiger partial charge on any atom is -0.432 e. The van der Waals surface area contributed by atoms with Crippen LogP contribution < -0.4 is 5.32 Å². The third-order valence-electron chi connectivity index (χ3n) is 10.7. The molecule has 0 bridgehead atoms. The molecule has 0 amide bonds. The molecular weight excluding hydrogens is 568 g/mol. The highest BCUT2D eigenvalue weighted by Crippen LogP contribution is 2.48. The molecule has 8 atom stereocenters. The number of carbonyl (C=O) groups excluding carboxylic acids is 2. The molecule has 1 fully saturated rings. The van der Waals surface area contributed by atoms with Crippen LogP contribution in [0, 0.1) is 17.8 Å². The first-order chi connectivity index (χ1) is 21.8. The minimum absolute atomic E-state index is 0.0617. The van der Waals surface area contributed by atoms with Gasteiger partial charge < -0.3 is 25.0 Å². The normalized spacial score (nSPS) is 28.8. The Hall–Kier alpha value is -2.52. The van der Waals surface area contributed by atoms with Crippen LogP contribution >= 0.6 is 0 Å². The first kappa shape index (κ1) is 33.8. The van der Waals surface area contributed by atoms with E-state index < -0.39 is 18.4 Å². The van der Waals surface area contributed by atoms with E-state index in [9.17, 15) is 19.8 Å². The fourth-order valence-electron chi connectivity index (χ4n) is 8.26. The molecule has 8 nitrogen and oxygen atoms in total. The number of benzene rings is 1. The molecular formula is C37H54N2O6. The van der Waals surface area contributed by atoms with Crippen molar-refractivity contribution in [2.24, 2.45) is 17.8 Å².